The number of fused-ring (bicyclic) bond motifs is 1. The third kappa shape index (κ3) is 2.43. The van der Waals surface area contributed by atoms with Gasteiger partial charge in [-0.15, -0.1) is 0 Å². The fraction of sp³-hybridized carbons (Fsp3) is 0.381. The molecule has 1 aromatic heterocycles. The Kier molecular flexibility index (Phi) is 3.48. The van der Waals surface area contributed by atoms with Crippen LogP contribution in [0.15, 0.2) is 36.9 Å². The van der Waals surface area contributed by atoms with Crippen molar-refractivity contribution < 1.29 is 9.13 Å². The second-order valence-corrected chi connectivity index (χ2v) is 7.24. The zero-order valence-corrected chi connectivity index (χ0v) is 14.2. The third-order valence-corrected chi connectivity index (χ3v) is 5.46. The van der Waals surface area contributed by atoms with E-state index in [0.29, 0.717) is 12.5 Å². The first kappa shape index (κ1) is 15.4. The van der Waals surface area contributed by atoms with E-state index in [1.165, 1.54) is 30.5 Å². The highest BCUT2D eigenvalue weighted by molar-refractivity contribution is 5.75. The average Bonchev–Trinajstić information content (AvgIpc) is 3.39. The minimum Gasteiger partial charge on any atom is -0.490 e. The number of hydrogen-bond donors (Lipinski definition) is 0. The molecule has 0 N–H and O–H groups in total. The van der Waals surface area contributed by atoms with E-state index in [0.717, 1.165) is 34.7 Å². The Balaban J connectivity index is 1.90. The number of hydrogen-bond acceptors (Lipinski definition) is 2. The SMILES string of the molecule is C=C(c1cc2c(c(-c3ccc(F)cc3)n1)OCC2(C)CC)C1CC1. The van der Waals surface area contributed by atoms with Crippen LogP contribution in [0, 0.1) is 11.7 Å². The van der Waals surface area contributed by atoms with E-state index in [4.69, 9.17) is 9.72 Å². The fourth-order valence-corrected chi connectivity index (χ4v) is 3.34. The van der Waals surface area contributed by atoms with Crippen LogP contribution in [0.1, 0.15) is 44.4 Å². The quantitative estimate of drug-likeness (QED) is 0.754. The van der Waals surface area contributed by atoms with Crippen molar-refractivity contribution in [1.29, 1.82) is 0 Å². The van der Waals surface area contributed by atoms with Crippen LogP contribution in [0.2, 0.25) is 0 Å². The summed E-state index contributed by atoms with van der Waals surface area (Å²) in [6.45, 7) is 9.35. The lowest BCUT2D eigenvalue weighted by atomic mass is 9.81. The third-order valence-electron chi connectivity index (χ3n) is 5.46. The first-order valence-corrected chi connectivity index (χ1v) is 8.65. The molecule has 0 radical (unpaired) electrons. The van der Waals surface area contributed by atoms with Gasteiger partial charge in [-0.25, -0.2) is 9.37 Å². The average molecular weight is 323 g/mol. The molecule has 2 heterocycles. The molecule has 1 saturated carbocycles. The summed E-state index contributed by atoms with van der Waals surface area (Å²) in [6.07, 6.45) is 3.40. The Morgan fingerprint density at radius 3 is 2.67 bits per heavy atom. The lowest BCUT2D eigenvalue weighted by molar-refractivity contribution is 0.273. The van der Waals surface area contributed by atoms with Gasteiger partial charge in [0, 0.05) is 16.5 Å². The number of allylic oxidation sites excluding steroid dienone is 1. The molecule has 0 bridgehead atoms. The van der Waals surface area contributed by atoms with Gasteiger partial charge in [0.25, 0.3) is 0 Å². The molecule has 1 atom stereocenters. The van der Waals surface area contributed by atoms with E-state index < -0.39 is 0 Å². The molecule has 0 saturated heterocycles. The van der Waals surface area contributed by atoms with E-state index in [1.54, 1.807) is 12.1 Å². The maximum absolute atomic E-state index is 13.3. The monoisotopic (exact) mass is 323 g/mol. The predicted molar refractivity (Wildman–Crippen MR) is 94.5 cm³/mol. The molecule has 3 heteroatoms. The summed E-state index contributed by atoms with van der Waals surface area (Å²) in [7, 11) is 0. The molecule has 2 aromatic rings. The standard InChI is InChI=1S/C21H22FNO/c1-4-21(3)12-24-20-17(21)11-18(13(2)14-5-6-14)23-19(20)15-7-9-16(22)10-8-15/h7-11,14H,2,4-6,12H2,1,3H3. The van der Waals surface area contributed by atoms with Gasteiger partial charge in [-0.2, -0.15) is 0 Å². The number of halogens is 1. The Bertz CT molecular complexity index is 807. The Morgan fingerprint density at radius 1 is 1.33 bits per heavy atom. The molecular weight excluding hydrogens is 301 g/mol. The molecule has 124 valence electrons. The molecule has 1 unspecified atom stereocenters. The van der Waals surface area contributed by atoms with Gasteiger partial charge in [0.2, 0.25) is 0 Å². The number of rotatable bonds is 4. The Hall–Kier alpha value is -2.16. The molecule has 24 heavy (non-hydrogen) atoms. The van der Waals surface area contributed by atoms with Gasteiger partial charge in [-0.1, -0.05) is 20.4 Å². The zero-order valence-electron chi connectivity index (χ0n) is 14.2. The van der Waals surface area contributed by atoms with Gasteiger partial charge in [0.1, 0.15) is 17.3 Å². The van der Waals surface area contributed by atoms with Crippen LogP contribution in [0.3, 0.4) is 0 Å². The predicted octanol–water partition coefficient (Wildman–Crippen LogP) is 5.37. The molecule has 1 aromatic carbocycles. The largest absolute Gasteiger partial charge is 0.490 e. The summed E-state index contributed by atoms with van der Waals surface area (Å²) in [6, 6.07) is 8.65. The molecule has 0 spiro atoms. The van der Waals surface area contributed by atoms with Crippen LogP contribution >= 0.6 is 0 Å². The second-order valence-electron chi connectivity index (χ2n) is 7.24. The maximum Gasteiger partial charge on any atom is 0.149 e. The molecule has 1 aliphatic heterocycles. The summed E-state index contributed by atoms with van der Waals surface area (Å²) >= 11 is 0. The molecule has 4 rings (SSSR count). The molecule has 2 nitrogen and oxygen atoms in total. The van der Waals surface area contributed by atoms with Crippen LogP contribution in [-0.2, 0) is 5.41 Å². The molecule has 2 aliphatic rings. The summed E-state index contributed by atoms with van der Waals surface area (Å²) < 4.78 is 19.4. The van der Waals surface area contributed by atoms with E-state index in [1.807, 2.05) is 0 Å². The number of aromatic nitrogens is 1. The van der Waals surface area contributed by atoms with Crippen LogP contribution in [0.25, 0.3) is 16.8 Å². The number of ether oxygens (including phenoxy) is 1. The summed E-state index contributed by atoms with van der Waals surface area (Å²) in [5.74, 6) is 1.17. The van der Waals surface area contributed by atoms with Crippen molar-refractivity contribution in [1.82, 2.24) is 4.98 Å². The first-order valence-electron chi connectivity index (χ1n) is 8.65. The van der Waals surface area contributed by atoms with E-state index in [-0.39, 0.29) is 11.2 Å². The van der Waals surface area contributed by atoms with Gasteiger partial charge in [0.15, 0.2) is 0 Å². The highest BCUT2D eigenvalue weighted by Gasteiger charge is 2.38. The van der Waals surface area contributed by atoms with Gasteiger partial charge in [0.05, 0.1) is 12.3 Å². The second kappa shape index (κ2) is 5.44. The molecule has 1 fully saturated rings. The minimum absolute atomic E-state index is 0.00830. The van der Waals surface area contributed by atoms with Crippen molar-refractivity contribution in [2.24, 2.45) is 5.92 Å². The van der Waals surface area contributed by atoms with E-state index in [2.05, 4.69) is 26.5 Å². The summed E-state index contributed by atoms with van der Waals surface area (Å²) in [5.41, 5.74) is 4.97. The van der Waals surface area contributed by atoms with E-state index in [9.17, 15) is 4.39 Å². The highest BCUT2D eigenvalue weighted by Crippen LogP contribution is 2.48. The van der Waals surface area contributed by atoms with Crippen LogP contribution in [-0.4, -0.2) is 11.6 Å². The van der Waals surface area contributed by atoms with E-state index >= 15 is 0 Å². The van der Waals surface area contributed by atoms with Gasteiger partial charge >= 0.3 is 0 Å². The Morgan fingerprint density at radius 2 is 2.04 bits per heavy atom. The lowest BCUT2D eigenvalue weighted by Gasteiger charge is -2.21. The van der Waals surface area contributed by atoms with Crippen molar-refractivity contribution in [2.45, 2.75) is 38.5 Å². The van der Waals surface area contributed by atoms with Crippen molar-refractivity contribution in [3.63, 3.8) is 0 Å². The molecule has 0 amide bonds. The highest BCUT2D eigenvalue weighted by atomic mass is 19.1. The molecular formula is C21H22FNO. The minimum atomic E-state index is -0.242. The molecule has 1 aliphatic carbocycles. The van der Waals surface area contributed by atoms with Crippen LogP contribution < -0.4 is 4.74 Å². The van der Waals surface area contributed by atoms with Crippen molar-refractivity contribution >= 4 is 5.57 Å². The fourth-order valence-electron chi connectivity index (χ4n) is 3.34. The Labute approximate surface area is 142 Å². The number of pyridine rings is 1. The van der Waals surface area contributed by atoms with Crippen molar-refractivity contribution in [2.75, 3.05) is 6.61 Å². The summed E-state index contributed by atoms with van der Waals surface area (Å²) in [5, 5.41) is 0. The van der Waals surface area contributed by atoms with Gasteiger partial charge in [-0.05, 0) is 61.1 Å². The number of benzene rings is 1. The number of nitrogens with zero attached hydrogens (tertiary/aromatic N) is 1. The van der Waals surface area contributed by atoms with Crippen molar-refractivity contribution in [3.05, 3.63) is 54.0 Å². The normalized spacial score (nSPS) is 22.1. The maximum atomic E-state index is 13.3. The first-order chi connectivity index (χ1) is 11.5. The van der Waals surface area contributed by atoms with Crippen LogP contribution in [0.5, 0.6) is 5.75 Å². The lowest BCUT2D eigenvalue weighted by Crippen LogP contribution is -2.22. The van der Waals surface area contributed by atoms with Gasteiger partial charge in [-0.3, -0.25) is 0 Å². The summed E-state index contributed by atoms with van der Waals surface area (Å²) in [4.78, 5) is 4.86. The van der Waals surface area contributed by atoms with Crippen LogP contribution in [0.4, 0.5) is 4.39 Å². The van der Waals surface area contributed by atoms with Crippen molar-refractivity contribution in [3.8, 4) is 17.0 Å². The topological polar surface area (TPSA) is 22.1 Å². The van der Waals surface area contributed by atoms with Gasteiger partial charge < -0.3 is 4.74 Å². The zero-order chi connectivity index (χ0) is 16.9. The smallest absolute Gasteiger partial charge is 0.149 e.